The van der Waals surface area contributed by atoms with Crippen molar-refractivity contribution in [2.75, 3.05) is 19.3 Å². The summed E-state index contributed by atoms with van der Waals surface area (Å²) in [5, 5.41) is 0. The number of likely N-dealkylation sites (tertiary alicyclic amines) is 1. The molecule has 2 aliphatic rings. The van der Waals surface area contributed by atoms with E-state index in [2.05, 4.69) is 29.2 Å². The second-order valence-corrected chi connectivity index (χ2v) is 11.0. The van der Waals surface area contributed by atoms with E-state index in [0.717, 1.165) is 24.7 Å². The molecule has 0 atom stereocenters. The van der Waals surface area contributed by atoms with Crippen LogP contribution in [0.1, 0.15) is 53.3 Å². The molecule has 8 heteroatoms. The molecule has 1 aliphatic heterocycles. The van der Waals surface area contributed by atoms with E-state index in [0.29, 0.717) is 18.8 Å². The molecule has 1 heterocycles. The summed E-state index contributed by atoms with van der Waals surface area (Å²) >= 11 is 0. The Labute approximate surface area is 206 Å². The molecule has 0 bridgehead atoms. The Hall–Kier alpha value is -3.23. The molecule has 0 spiro atoms. The van der Waals surface area contributed by atoms with Gasteiger partial charge < -0.3 is 4.74 Å². The van der Waals surface area contributed by atoms with Gasteiger partial charge in [0.25, 0.3) is 5.91 Å². The van der Waals surface area contributed by atoms with Crippen molar-refractivity contribution in [3.05, 3.63) is 101 Å². The van der Waals surface area contributed by atoms with Gasteiger partial charge in [-0.1, -0.05) is 60.7 Å². The highest BCUT2D eigenvalue weighted by Gasteiger charge is 2.37. The largest absolute Gasteiger partial charge is 0.487 e. The minimum absolute atomic E-state index is 0. The first kappa shape index (κ1) is 23.5. The summed E-state index contributed by atoms with van der Waals surface area (Å²) in [6, 6.07) is 23.4. The van der Waals surface area contributed by atoms with Gasteiger partial charge >= 0.3 is 0 Å². The van der Waals surface area contributed by atoms with Crippen LogP contribution in [0.3, 0.4) is 0 Å². The first-order valence-corrected chi connectivity index (χ1v) is 13.5. The lowest BCUT2D eigenvalue weighted by Crippen LogP contribution is -2.55. The Morgan fingerprint density at radius 2 is 1.60 bits per heavy atom. The van der Waals surface area contributed by atoms with Crippen LogP contribution >= 0.6 is 0 Å². The molecule has 1 N–H and O–H groups in total. The number of nitrogens with one attached hydrogen (secondary N) is 1. The number of ether oxygens (including phenoxy) is 1. The first-order chi connectivity index (χ1) is 16.8. The molecule has 3 aromatic rings. The molecule has 0 radical (unpaired) electrons. The van der Waals surface area contributed by atoms with Crippen LogP contribution in [0.4, 0.5) is 4.39 Å². The standard InChI is InChI=1S/C27H27FN2O4S.H2/c1-35(32,33)29-27(31)23-14-22(18-12-13-18)25(15-24(23)28)34-21-16-30(17-21)26(19-8-4-2-5-9-19)20-10-6-3-7-11-20;/h2-11,14-15,18,21,26H,12-13,16-17H2,1H3,(H,29,31);1H. The Bertz CT molecular complexity index is 1290. The molecule has 1 aliphatic carbocycles. The summed E-state index contributed by atoms with van der Waals surface area (Å²) in [5.74, 6) is -1.15. The summed E-state index contributed by atoms with van der Waals surface area (Å²) in [5.41, 5.74) is 2.87. The fourth-order valence-corrected chi connectivity index (χ4v) is 5.05. The average Bonchev–Trinajstić information content (AvgIpc) is 3.63. The minimum Gasteiger partial charge on any atom is -0.487 e. The van der Waals surface area contributed by atoms with E-state index in [4.69, 9.17) is 4.74 Å². The van der Waals surface area contributed by atoms with E-state index >= 15 is 0 Å². The lowest BCUT2D eigenvalue weighted by atomic mass is 9.94. The van der Waals surface area contributed by atoms with Crippen LogP contribution < -0.4 is 9.46 Å². The fraction of sp³-hybridized carbons (Fsp3) is 0.296. The Morgan fingerprint density at radius 1 is 1.03 bits per heavy atom. The van der Waals surface area contributed by atoms with Crippen molar-refractivity contribution in [1.29, 1.82) is 0 Å². The van der Waals surface area contributed by atoms with Gasteiger partial charge in [0.1, 0.15) is 17.7 Å². The number of sulfonamides is 1. The van der Waals surface area contributed by atoms with Crippen molar-refractivity contribution < 1.29 is 23.8 Å². The number of nitrogens with zero attached hydrogens (tertiary/aromatic N) is 1. The van der Waals surface area contributed by atoms with Gasteiger partial charge in [-0.25, -0.2) is 17.5 Å². The number of rotatable bonds is 8. The fourth-order valence-electron chi connectivity index (χ4n) is 4.60. The number of hydrogen-bond acceptors (Lipinski definition) is 5. The molecule has 184 valence electrons. The molecule has 1 saturated heterocycles. The maximum Gasteiger partial charge on any atom is 0.267 e. The molecule has 6 nitrogen and oxygen atoms in total. The second-order valence-electron chi connectivity index (χ2n) is 9.27. The molecular weight excluding hydrogens is 467 g/mol. The molecule has 3 aromatic carbocycles. The van der Waals surface area contributed by atoms with Crippen molar-refractivity contribution in [3.8, 4) is 5.75 Å². The van der Waals surface area contributed by atoms with Gasteiger partial charge in [0.2, 0.25) is 10.0 Å². The molecule has 1 saturated carbocycles. The smallest absolute Gasteiger partial charge is 0.267 e. The molecule has 0 unspecified atom stereocenters. The maximum atomic E-state index is 14.8. The summed E-state index contributed by atoms with van der Waals surface area (Å²) in [4.78, 5) is 14.6. The number of carbonyl (C=O) groups excluding carboxylic acids is 1. The van der Waals surface area contributed by atoms with Gasteiger partial charge in [0.15, 0.2) is 0 Å². The molecule has 35 heavy (non-hydrogen) atoms. The zero-order chi connectivity index (χ0) is 24.6. The molecule has 1 amide bonds. The third-order valence-corrected chi connectivity index (χ3v) is 6.96. The third-order valence-electron chi connectivity index (χ3n) is 6.41. The predicted octanol–water partition coefficient (Wildman–Crippen LogP) is 4.49. The molecule has 5 rings (SSSR count). The van der Waals surface area contributed by atoms with Gasteiger partial charge in [-0.2, -0.15) is 0 Å². The highest BCUT2D eigenvalue weighted by molar-refractivity contribution is 7.89. The topological polar surface area (TPSA) is 75.7 Å². The number of amides is 1. The van der Waals surface area contributed by atoms with E-state index in [1.54, 1.807) is 0 Å². The first-order valence-electron chi connectivity index (χ1n) is 11.6. The summed E-state index contributed by atoms with van der Waals surface area (Å²) in [6.45, 7) is 1.35. The number of halogens is 1. The van der Waals surface area contributed by atoms with Gasteiger partial charge in [0.05, 0.1) is 17.9 Å². The maximum absolute atomic E-state index is 14.8. The number of hydrogen-bond donors (Lipinski definition) is 1. The zero-order valence-electron chi connectivity index (χ0n) is 19.4. The van der Waals surface area contributed by atoms with Crippen LogP contribution in [-0.4, -0.2) is 44.7 Å². The number of benzene rings is 3. The van der Waals surface area contributed by atoms with E-state index in [-0.39, 0.29) is 25.1 Å². The van der Waals surface area contributed by atoms with Crippen LogP contribution in [-0.2, 0) is 10.0 Å². The highest BCUT2D eigenvalue weighted by atomic mass is 32.2. The van der Waals surface area contributed by atoms with E-state index in [9.17, 15) is 17.6 Å². The Morgan fingerprint density at radius 3 is 2.11 bits per heavy atom. The average molecular weight is 497 g/mol. The number of carbonyl (C=O) groups is 1. The normalized spacial score (nSPS) is 16.7. The Kier molecular flexibility index (Phi) is 6.34. The highest BCUT2D eigenvalue weighted by Crippen LogP contribution is 2.46. The SMILES string of the molecule is CS(=O)(=O)NC(=O)c1cc(C2CC2)c(OC2CN(C(c3ccccc3)c3ccccc3)C2)cc1F.[HH]. The van der Waals surface area contributed by atoms with Crippen LogP contribution in [0, 0.1) is 5.82 Å². The van der Waals surface area contributed by atoms with Crippen molar-refractivity contribution in [2.45, 2.75) is 30.9 Å². The van der Waals surface area contributed by atoms with Crippen molar-refractivity contribution in [2.24, 2.45) is 0 Å². The molecule has 2 fully saturated rings. The van der Waals surface area contributed by atoms with Crippen LogP contribution in [0.15, 0.2) is 72.8 Å². The third kappa shape index (κ3) is 5.39. The van der Waals surface area contributed by atoms with Crippen molar-refractivity contribution in [3.63, 3.8) is 0 Å². The summed E-state index contributed by atoms with van der Waals surface area (Å²) < 4.78 is 45.7. The predicted molar refractivity (Wildman–Crippen MR) is 134 cm³/mol. The Balaban J connectivity index is 0.00000304. The van der Waals surface area contributed by atoms with Gasteiger partial charge in [-0.05, 0) is 41.5 Å². The van der Waals surface area contributed by atoms with Crippen molar-refractivity contribution in [1.82, 2.24) is 9.62 Å². The van der Waals surface area contributed by atoms with Gasteiger partial charge in [0, 0.05) is 20.6 Å². The monoisotopic (exact) mass is 496 g/mol. The van der Waals surface area contributed by atoms with E-state index < -0.39 is 21.7 Å². The second kappa shape index (κ2) is 9.43. The molecule has 0 aromatic heterocycles. The van der Waals surface area contributed by atoms with E-state index in [1.165, 1.54) is 23.3 Å². The zero-order valence-corrected chi connectivity index (χ0v) is 20.2. The van der Waals surface area contributed by atoms with Crippen molar-refractivity contribution >= 4 is 15.9 Å². The van der Waals surface area contributed by atoms with Crippen LogP contribution in [0.5, 0.6) is 5.75 Å². The quantitative estimate of drug-likeness (QED) is 0.497. The van der Waals surface area contributed by atoms with Crippen LogP contribution in [0.25, 0.3) is 0 Å². The lowest BCUT2D eigenvalue weighted by molar-refractivity contribution is -0.000361. The van der Waals surface area contributed by atoms with E-state index in [1.807, 2.05) is 41.1 Å². The lowest BCUT2D eigenvalue weighted by Gasteiger charge is -2.44. The van der Waals surface area contributed by atoms with Crippen LogP contribution in [0.2, 0.25) is 0 Å². The summed E-state index contributed by atoms with van der Waals surface area (Å²) in [6.07, 6.45) is 2.60. The van der Waals surface area contributed by atoms with Gasteiger partial charge in [-0.3, -0.25) is 9.69 Å². The van der Waals surface area contributed by atoms with Gasteiger partial charge in [-0.15, -0.1) is 0 Å². The minimum atomic E-state index is -3.79. The summed E-state index contributed by atoms with van der Waals surface area (Å²) in [7, 11) is -3.79. The molecular formula is C27H29FN2O4S.